The largest absolute Gasteiger partial charge is 0.447 e. The van der Waals surface area contributed by atoms with Crippen LogP contribution in [0.4, 0.5) is 16.2 Å². The standard InChI is InChI=1S/C18H17N5O3S2/c1-11(23-15(20-21-17(23)27)14-7-4-10-28-14)16(24)19-12-5-2-3-6-13(12)22-8-9-26-18(22)25/h2-7,10-11H,8-9H2,1H3,(H,19,24)(H,21,27). The molecule has 1 aromatic carbocycles. The Morgan fingerprint density at radius 2 is 2.18 bits per heavy atom. The van der Waals surface area contributed by atoms with E-state index in [9.17, 15) is 9.59 Å². The van der Waals surface area contributed by atoms with Crippen molar-refractivity contribution in [2.75, 3.05) is 23.4 Å². The zero-order valence-electron chi connectivity index (χ0n) is 14.9. The first kappa shape index (κ1) is 18.4. The van der Waals surface area contributed by atoms with E-state index in [4.69, 9.17) is 17.0 Å². The van der Waals surface area contributed by atoms with Crippen LogP contribution >= 0.6 is 23.6 Å². The van der Waals surface area contributed by atoms with Crippen LogP contribution in [0.15, 0.2) is 41.8 Å². The minimum atomic E-state index is -0.609. The third-order valence-corrected chi connectivity index (χ3v) is 5.58. The van der Waals surface area contributed by atoms with Gasteiger partial charge in [0.15, 0.2) is 10.6 Å². The number of nitrogens with one attached hydrogen (secondary N) is 2. The molecular formula is C18H17N5O3S2. The van der Waals surface area contributed by atoms with E-state index < -0.39 is 12.1 Å². The van der Waals surface area contributed by atoms with Crippen LogP contribution < -0.4 is 10.2 Å². The molecule has 1 atom stereocenters. The number of hydrogen-bond acceptors (Lipinski definition) is 6. The predicted octanol–water partition coefficient (Wildman–Crippen LogP) is 3.83. The van der Waals surface area contributed by atoms with Gasteiger partial charge in [0.2, 0.25) is 5.91 Å². The van der Waals surface area contributed by atoms with E-state index in [1.165, 1.54) is 16.2 Å². The van der Waals surface area contributed by atoms with Crippen molar-refractivity contribution < 1.29 is 14.3 Å². The molecule has 0 radical (unpaired) electrons. The molecule has 3 heterocycles. The van der Waals surface area contributed by atoms with Gasteiger partial charge in [-0.15, -0.1) is 11.3 Å². The number of H-pyrrole nitrogens is 1. The van der Waals surface area contributed by atoms with Crippen LogP contribution in [-0.4, -0.2) is 39.9 Å². The van der Waals surface area contributed by atoms with Gasteiger partial charge in [-0.05, 0) is 42.7 Å². The van der Waals surface area contributed by atoms with Crippen molar-refractivity contribution in [3.8, 4) is 10.7 Å². The number of ether oxygens (including phenoxy) is 1. The third-order valence-electron chi connectivity index (χ3n) is 4.43. The number of hydrogen-bond donors (Lipinski definition) is 2. The first-order valence-electron chi connectivity index (χ1n) is 8.61. The molecule has 28 heavy (non-hydrogen) atoms. The number of carbonyl (C=O) groups is 2. The van der Waals surface area contributed by atoms with E-state index in [0.29, 0.717) is 35.1 Å². The van der Waals surface area contributed by atoms with Gasteiger partial charge in [-0.25, -0.2) is 4.79 Å². The maximum atomic E-state index is 13.0. The van der Waals surface area contributed by atoms with Crippen LogP contribution in [0.5, 0.6) is 0 Å². The summed E-state index contributed by atoms with van der Waals surface area (Å²) in [6, 6.07) is 10.4. The number of amides is 2. The van der Waals surface area contributed by atoms with Gasteiger partial charge in [0.25, 0.3) is 0 Å². The van der Waals surface area contributed by atoms with E-state index in [1.807, 2.05) is 17.5 Å². The smallest absolute Gasteiger partial charge is 0.414 e. The molecule has 1 saturated heterocycles. The summed E-state index contributed by atoms with van der Waals surface area (Å²) in [5.74, 6) is 0.342. The van der Waals surface area contributed by atoms with E-state index in [0.717, 1.165) is 4.88 Å². The Kier molecular flexibility index (Phi) is 4.97. The van der Waals surface area contributed by atoms with Crippen molar-refractivity contribution in [1.29, 1.82) is 0 Å². The number of aromatic nitrogens is 3. The average molecular weight is 416 g/mol. The van der Waals surface area contributed by atoms with Gasteiger partial charge in [0.1, 0.15) is 12.6 Å². The van der Waals surface area contributed by atoms with E-state index in [-0.39, 0.29) is 5.91 Å². The highest BCUT2D eigenvalue weighted by molar-refractivity contribution is 7.71. The zero-order chi connectivity index (χ0) is 19.7. The summed E-state index contributed by atoms with van der Waals surface area (Å²) in [5, 5.41) is 11.9. The first-order chi connectivity index (χ1) is 13.6. The summed E-state index contributed by atoms with van der Waals surface area (Å²) in [5.41, 5.74) is 1.13. The Labute approximate surface area is 169 Å². The monoisotopic (exact) mass is 415 g/mol. The lowest BCUT2D eigenvalue weighted by Crippen LogP contribution is -2.28. The molecule has 2 N–H and O–H groups in total. The number of carbonyl (C=O) groups excluding carboxylic acids is 2. The molecule has 144 valence electrons. The fraction of sp³-hybridized carbons (Fsp3) is 0.222. The molecule has 0 aliphatic carbocycles. The number of rotatable bonds is 5. The molecule has 3 aromatic rings. The topological polar surface area (TPSA) is 92.2 Å². The number of aromatic amines is 1. The van der Waals surface area contributed by atoms with Gasteiger partial charge < -0.3 is 10.1 Å². The summed E-state index contributed by atoms with van der Waals surface area (Å²) in [7, 11) is 0. The molecule has 0 bridgehead atoms. The zero-order valence-corrected chi connectivity index (χ0v) is 16.5. The molecule has 8 nitrogen and oxygen atoms in total. The maximum absolute atomic E-state index is 13.0. The normalized spacial score (nSPS) is 14.8. The van der Waals surface area contributed by atoms with Gasteiger partial charge in [0.05, 0.1) is 22.8 Å². The number of thiophene rings is 1. The van der Waals surface area contributed by atoms with Crippen LogP contribution in [0, 0.1) is 4.77 Å². The summed E-state index contributed by atoms with van der Waals surface area (Å²) in [4.78, 5) is 27.3. The highest BCUT2D eigenvalue weighted by Crippen LogP contribution is 2.30. The summed E-state index contributed by atoms with van der Waals surface area (Å²) < 4.78 is 7.05. The summed E-state index contributed by atoms with van der Waals surface area (Å²) >= 11 is 6.85. The van der Waals surface area contributed by atoms with Crippen LogP contribution in [0.25, 0.3) is 10.7 Å². The fourth-order valence-electron chi connectivity index (χ4n) is 3.02. The Hall–Kier alpha value is -2.98. The highest BCUT2D eigenvalue weighted by Gasteiger charge is 2.27. The molecule has 1 unspecified atom stereocenters. The molecule has 2 amide bonds. The van der Waals surface area contributed by atoms with E-state index in [2.05, 4.69) is 15.5 Å². The summed E-state index contributed by atoms with van der Waals surface area (Å²) in [6.45, 7) is 2.52. The van der Waals surface area contributed by atoms with Gasteiger partial charge >= 0.3 is 6.09 Å². The molecule has 2 aromatic heterocycles. The lowest BCUT2D eigenvalue weighted by atomic mass is 10.2. The second kappa shape index (κ2) is 7.56. The number of benzene rings is 1. The quantitative estimate of drug-likeness (QED) is 0.618. The van der Waals surface area contributed by atoms with Crippen molar-refractivity contribution in [2.45, 2.75) is 13.0 Å². The molecule has 4 rings (SSSR count). The minimum Gasteiger partial charge on any atom is -0.447 e. The van der Waals surface area contributed by atoms with E-state index >= 15 is 0 Å². The summed E-state index contributed by atoms with van der Waals surface area (Å²) in [6.07, 6.45) is -0.424. The Balaban J connectivity index is 1.62. The first-order valence-corrected chi connectivity index (χ1v) is 9.90. The molecular weight excluding hydrogens is 398 g/mol. The van der Waals surface area contributed by atoms with Crippen LogP contribution in [0.2, 0.25) is 0 Å². The Bertz CT molecular complexity index is 1070. The van der Waals surface area contributed by atoms with Gasteiger partial charge in [-0.2, -0.15) is 5.10 Å². The molecule has 0 saturated carbocycles. The second-order valence-corrected chi connectivity index (χ2v) is 7.48. The number of anilines is 2. The van der Waals surface area contributed by atoms with E-state index in [1.54, 1.807) is 35.8 Å². The number of para-hydroxylation sites is 2. The van der Waals surface area contributed by atoms with Crippen LogP contribution in [0.3, 0.4) is 0 Å². The molecule has 1 aliphatic rings. The third kappa shape index (κ3) is 3.32. The van der Waals surface area contributed by atoms with Crippen molar-refractivity contribution in [2.24, 2.45) is 0 Å². The predicted molar refractivity (Wildman–Crippen MR) is 109 cm³/mol. The Morgan fingerprint density at radius 1 is 1.36 bits per heavy atom. The highest BCUT2D eigenvalue weighted by atomic mass is 32.1. The van der Waals surface area contributed by atoms with Gasteiger partial charge in [0, 0.05) is 0 Å². The van der Waals surface area contributed by atoms with Crippen LogP contribution in [-0.2, 0) is 9.53 Å². The number of nitrogens with zero attached hydrogens (tertiary/aromatic N) is 3. The molecule has 0 spiro atoms. The van der Waals surface area contributed by atoms with Gasteiger partial charge in [-0.3, -0.25) is 19.4 Å². The fourth-order valence-corrected chi connectivity index (χ4v) is 4.03. The van der Waals surface area contributed by atoms with Crippen molar-refractivity contribution in [3.63, 3.8) is 0 Å². The van der Waals surface area contributed by atoms with Crippen LogP contribution in [0.1, 0.15) is 13.0 Å². The lowest BCUT2D eigenvalue weighted by Gasteiger charge is -2.20. The van der Waals surface area contributed by atoms with Crippen molar-refractivity contribution >= 4 is 46.9 Å². The van der Waals surface area contributed by atoms with Crippen molar-refractivity contribution in [1.82, 2.24) is 14.8 Å². The minimum absolute atomic E-state index is 0.268. The lowest BCUT2D eigenvalue weighted by molar-refractivity contribution is -0.118. The average Bonchev–Trinajstić information content (AvgIpc) is 3.42. The molecule has 1 fully saturated rings. The van der Waals surface area contributed by atoms with Gasteiger partial charge in [-0.1, -0.05) is 18.2 Å². The number of cyclic esters (lactones) is 1. The molecule has 10 heteroatoms. The Morgan fingerprint density at radius 3 is 2.89 bits per heavy atom. The SMILES string of the molecule is CC(C(=O)Nc1ccccc1N1CCOC1=O)n1c(-c2cccs2)n[nH]c1=S. The second-order valence-electron chi connectivity index (χ2n) is 6.15. The van der Waals surface area contributed by atoms with Crippen molar-refractivity contribution in [3.05, 3.63) is 46.5 Å². The maximum Gasteiger partial charge on any atom is 0.414 e. The molecule has 1 aliphatic heterocycles.